The molecular weight excluding hydrogens is 196 g/mol. The molecule has 0 radical (unpaired) electrons. The van der Waals surface area contributed by atoms with Crippen molar-refractivity contribution in [2.75, 3.05) is 26.2 Å². The maximum absolute atomic E-state index is 11.6. The maximum atomic E-state index is 11.6. The van der Waals surface area contributed by atoms with Crippen LogP contribution in [-0.4, -0.2) is 49.1 Å². The second-order valence-corrected chi connectivity index (χ2v) is 4.00. The molecular formula is C10H16N2O3. The fourth-order valence-corrected chi connectivity index (χ4v) is 1.96. The highest BCUT2D eigenvalue weighted by Gasteiger charge is 2.24. The Balaban J connectivity index is 1.88. The third kappa shape index (κ3) is 2.68. The minimum absolute atomic E-state index is 0.00338. The molecule has 2 rings (SSSR count). The van der Waals surface area contributed by atoms with E-state index in [-0.39, 0.29) is 24.5 Å². The van der Waals surface area contributed by atoms with Crippen molar-refractivity contribution in [3.8, 4) is 0 Å². The second-order valence-electron chi connectivity index (χ2n) is 4.00. The smallest absolute Gasteiger partial charge is 0.242 e. The van der Waals surface area contributed by atoms with Gasteiger partial charge < -0.3 is 15.0 Å². The van der Waals surface area contributed by atoms with Crippen molar-refractivity contribution in [1.29, 1.82) is 0 Å². The average Bonchev–Trinajstić information content (AvgIpc) is 2.67. The SMILES string of the molecule is O=C1CCN(CC2CCCO2)C(=O)CN1. The van der Waals surface area contributed by atoms with Gasteiger partial charge in [-0.05, 0) is 12.8 Å². The van der Waals surface area contributed by atoms with E-state index in [9.17, 15) is 9.59 Å². The van der Waals surface area contributed by atoms with E-state index in [4.69, 9.17) is 4.74 Å². The Morgan fingerprint density at radius 3 is 3.07 bits per heavy atom. The van der Waals surface area contributed by atoms with Crippen LogP contribution in [0.3, 0.4) is 0 Å². The maximum Gasteiger partial charge on any atom is 0.242 e. The van der Waals surface area contributed by atoms with Crippen LogP contribution in [0.15, 0.2) is 0 Å². The zero-order valence-corrected chi connectivity index (χ0v) is 8.70. The van der Waals surface area contributed by atoms with E-state index < -0.39 is 0 Å². The van der Waals surface area contributed by atoms with E-state index >= 15 is 0 Å². The van der Waals surface area contributed by atoms with Crippen molar-refractivity contribution in [2.24, 2.45) is 0 Å². The number of nitrogens with zero attached hydrogens (tertiary/aromatic N) is 1. The Morgan fingerprint density at radius 2 is 2.33 bits per heavy atom. The molecule has 15 heavy (non-hydrogen) atoms. The van der Waals surface area contributed by atoms with Gasteiger partial charge in [0.2, 0.25) is 11.8 Å². The van der Waals surface area contributed by atoms with E-state index in [1.54, 1.807) is 4.90 Å². The molecule has 0 aromatic rings. The van der Waals surface area contributed by atoms with Crippen LogP contribution in [0.25, 0.3) is 0 Å². The first kappa shape index (κ1) is 10.4. The topological polar surface area (TPSA) is 58.6 Å². The van der Waals surface area contributed by atoms with E-state index in [1.165, 1.54) is 0 Å². The molecule has 1 unspecified atom stereocenters. The lowest BCUT2D eigenvalue weighted by atomic mass is 10.2. The van der Waals surface area contributed by atoms with Crippen molar-refractivity contribution in [3.05, 3.63) is 0 Å². The van der Waals surface area contributed by atoms with Gasteiger partial charge in [0.05, 0.1) is 12.6 Å². The van der Waals surface area contributed by atoms with Crippen LogP contribution in [0.2, 0.25) is 0 Å². The van der Waals surface area contributed by atoms with Gasteiger partial charge in [-0.1, -0.05) is 0 Å². The Morgan fingerprint density at radius 1 is 1.47 bits per heavy atom. The Bertz CT molecular complexity index is 261. The van der Waals surface area contributed by atoms with E-state index in [1.807, 2.05) is 0 Å². The minimum atomic E-state index is -0.0433. The predicted octanol–water partition coefficient (Wildman–Crippen LogP) is -0.486. The van der Waals surface area contributed by atoms with Gasteiger partial charge >= 0.3 is 0 Å². The summed E-state index contributed by atoms with van der Waals surface area (Å²) in [6, 6.07) is 0. The van der Waals surface area contributed by atoms with E-state index in [0.717, 1.165) is 19.4 Å². The second kappa shape index (κ2) is 4.61. The summed E-state index contributed by atoms with van der Waals surface area (Å²) < 4.78 is 5.47. The summed E-state index contributed by atoms with van der Waals surface area (Å²) >= 11 is 0. The zero-order valence-electron chi connectivity index (χ0n) is 8.70. The molecule has 5 nitrogen and oxygen atoms in total. The molecule has 1 N–H and O–H groups in total. The summed E-state index contributed by atoms with van der Waals surface area (Å²) in [5.41, 5.74) is 0. The van der Waals surface area contributed by atoms with Crippen LogP contribution in [0.5, 0.6) is 0 Å². The molecule has 5 heteroatoms. The number of nitrogens with one attached hydrogen (secondary N) is 1. The van der Waals surface area contributed by atoms with Gasteiger partial charge in [0.1, 0.15) is 0 Å². The lowest BCUT2D eigenvalue weighted by Gasteiger charge is -2.22. The highest BCUT2D eigenvalue weighted by Crippen LogP contribution is 2.14. The van der Waals surface area contributed by atoms with Crippen molar-refractivity contribution in [3.63, 3.8) is 0 Å². The van der Waals surface area contributed by atoms with Crippen LogP contribution in [0.1, 0.15) is 19.3 Å². The summed E-state index contributed by atoms with van der Waals surface area (Å²) in [5, 5.41) is 2.58. The fraction of sp³-hybridized carbons (Fsp3) is 0.800. The van der Waals surface area contributed by atoms with Gasteiger partial charge in [-0.2, -0.15) is 0 Å². The number of hydrogen-bond acceptors (Lipinski definition) is 3. The van der Waals surface area contributed by atoms with Gasteiger partial charge in [0, 0.05) is 26.1 Å². The first-order valence-electron chi connectivity index (χ1n) is 5.42. The minimum Gasteiger partial charge on any atom is -0.376 e. The standard InChI is InChI=1S/C10H16N2O3/c13-9-3-4-12(10(14)6-11-9)7-8-2-1-5-15-8/h8H,1-7H2,(H,11,13). The highest BCUT2D eigenvalue weighted by atomic mass is 16.5. The van der Waals surface area contributed by atoms with Crippen LogP contribution in [0.4, 0.5) is 0 Å². The van der Waals surface area contributed by atoms with Crippen molar-refractivity contribution in [2.45, 2.75) is 25.4 Å². The summed E-state index contributed by atoms with van der Waals surface area (Å²) in [6.45, 7) is 2.08. The summed E-state index contributed by atoms with van der Waals surface area (Å²) in [5.74, 6) is -0.0467. The molecule has 2 fully saturated rings. The van der Waals surface area contributed by atoms with E-state index in [2.05, 4.69) is 5.32 Å². The Kier molecular flexibility index (Phi) is 3.20. The lowest BCUT2D eigenvalue weighted by Crippen LogP contribution is -2.39. The first-order valence-corrected chi connectivity index (χ1v) is 5.42. The fourth-order valence-electron chi connectivity index (χ4n) is 1.96. The van der Waals surface area contributed by atoms with Gasteiger partial charge in [-0.15, -0.1) is 0 Å². The van der Waals surface area contributed by atoms with Gasteiger partial charge in [-0.3, -0.25) is 9.59 Å². The summed E-state index contributed by atoms with van der Waals surface area (Å²) in [6.07, 6.45) is 2.66. The van der Waals surface area contributed by atoms with Crippen LogP contribution in [-0.2, 0) is 14.3 Å². The van der Waals surface area contributed by atoms with Crippen molar-refractivity contribution < 1.29 is 14.3 Å². The highest BCUT2D eigenvalue weighted by molar-refractivity contribution is 5.87. The molecule has 0 aromatic heterocycles. The van der Waals surface area contributed by atoms with Crippen molar-refractivity contribution >= 4 is 11.8 Å². The molecule has 2 aliphatic heterocycles. The average molecular weight is 212 g/mol. The molecule has 0 bridgehead atoms. The Labute approximate surface area is 88.8 Å². The predicted molar refractivity (Wildman–Crippen MR) is 53.2 cm³/mol. The molecule has 2 amide bonds. The summed E-state index contributed by atoms with van der Waals surface area (Å²) in [4.78, 5) is 24.4. The normalized spacial score (nSPS) is 27.7. The summed E-state index contributed by atoms with van der Waals surface area (Å²) in [7, 11) is 0. The third-order valence-electron chi connectivity index (χ3n) is 2.85. The molecule has 0 spiro atoms. The van der Waals surface area contributed by atoms with E-state index in [0.29, 0.717) is 19.5 Å². The first-order chi connectivity index (χ1) is 7.25. The lowest BCUT2D eigenvalue weighted by molar-refractivity contribution is -0.131. The third-order valence-corrected chi connectivity index (χ3v) is 2.85. The molecule has 0 aliphatic carbocycles. The number of rotatable bonds is 2. The number of amides is 2. The molecule has 2 aliphatic rings. The van der Waals surface area contributed by atoms with Crippen LogP contribution < -0.4 is 5.32 Å². The number of hydrogen-bond donors (Lipinski definition) is 1. The van der Waals surface area contributed by atoms with Gasteiger partial charge in [-0.25, -0.2) is 0 Å². The van der Waals surface area contributed by atoms with Gasteiger partial charge in [0.15, 0.2) is 0 Å². The number of ether oxygens (including phenoxy) is 1. The quantitative estimate of drug-likeness (QED) is 0.672. The molecule has 0 aromatic carbocycles. The van der Waals surface area contributed by atoms with Gasteiger partial charge in [0.25, 0.3) is 0 Å². The zero-order chi connectivity index (χ0) is 10.7. The van der Waals surface area contributed by atoms with Crippen LogP contribution >= 0.6 is 0 Å². The molecule has 2 saturated heterocycles. The number of carbonyl (C=O) groups is 2. The molecule has 0 saturated carbocycles. The molecule has 1 atom stereocenters. The van der Waals surface area contributed by atoms with Crippen molar-refractivity contribution in [1.82, 2.24) is 10.2 Å². The Hall–Kier alpha value is -1.10. The van der Waals surface area contributed by atoms with Crippen LogP contribution in [0, 0.1) is 0 Å². The molecule has 84 valence electrons. The number of carbonyl (C=O) groups excluding carboxylic acids is 2. The monoisotopic (exact) mass is 212 g/mol. The largest absolute Gasteiger partial charge is 0.376 e. The molecule has 2 heterocycles.